The van der Waals surface area contributed by atoms with E-state index in [9.17, 15) is 4.79 Å². The number of hydrogen-bond donors (Lipinski definition) is 1. The first-order chi connectivity index (χ1) is 9.83. The lowest BCUT2D eigenvalue weighted by molar-refractivity contribution is 0.232. The van der Waals surface area contributed by atoms with Gasteiger partial charge in [-0.1, -0.05) is 18.2 Å². The molecule has 0 atom stereocenters. The van der Waals surface area contributed by atoms with Gasteiger partial charge in [0.2, 0.25) is 0 Å². The summed E-state index contributed by atoms with van der Waals surface area (Å²) in [6, 6.07) is 8.47. The van der Waals surface area contributed by atoms with Crippen LogP contribution in [-0.4, -0.2) is 35.6 Å². The first-order valence-corrected chi connectivity index (χ1v) is 7.40. The molecule has 2 aromatic rings. The molecule has 3 heterocycles. The van der Waals surface area contributed by atoms with E-state index in [2.05, 4.69) is 34.5 Å². The Hall–Kier alpha value is -1.07. The van der Waals surface area contributed by atoms with E-state index >= 15 is 0 Å². The number of hydrogen-bond acceptors (Lipinski definition) is 3. The van der Waals surface area contributed by atoms with Crippen molar-refractivity contribution in [1.29, 1.82) is 0 Å². The van der Waals surface area contributed by atoms with Crippen LogP contribution in [0.15, 0.2) is 29.1 Å². The van der Waals surface area contributed by atoms with Crippen LogP contribution in [0.25, 0.3) is 10.9 Å². The van der Waals surface area contributed by atoms with Gasteiger partial charge in [-0.25, -0.2) is 0 Å². The van der Waals surface area contributed by atoms with E-state index < -0.39 is 0 Å². The second-order valence-corrected chi connectivity index (χ2v) is 5.76. The van der Waals surface area contributed by atoms with Gasteiger partial charge in [0.1, 0.15) is 0 Å². The summed E-state index contributed by atoms with van der Waals surface area (Å²) < 4.78 is 1.97. The summed E-state index contributed by atoms with van der Waals surface area (Å²) in [5, 5.41) is 4.56. The summed E-state index contributed by atoms with van der Waals surface area (Å²) in [7, 11) is 0. The maximum atomic E-state index is 12.6. The Morgan fingerprint density at radius 3 is 2.64 bits per heavy atom. The Morgan fingerprint density at radius 1 is 1.09 bits per heavy atom. The van der Waals surface area contributed by atoms with Crippen molar-refractivity contribution in [2.75, 3.05) is 26.2 Å². The summed E-state index contributed by atoms with van der Waals surface area (Å²) in [5.41, 5.74) is 3.62. The van der Waals surface area contributed by atoms with Gasteiger partial charge in [0.25, 0.3) is 5.56 Å². The third kappa shape index (κ3) is 2.88. The lowest BCUT2D eigenvalue weighted by Gasteiger charge is -2.27. The van der Waals surface area contributed by atoms with Gasteiger partial charge in [-0.2, -0.15) is 0 Å². The van der Waals surface area contributed by atoms with Crippen molar-refractivity contribution in [3.05, 3.63) is 45.7 Å². The molecule has 1 N–H and O–H groups in total. The van der Waals surface area contributed by atoms with E-state index in [0.717, 1.165) is 56.8 Å². The van der Waals surface area contributed by atoms with Crippen molar-refractivity contribution in [2.45, 2.75) is 19.5 Å². The number of rotatable bonds is 2. The predicted molar refractivity (Wildman–Crippen MR) is 94.6 cm³/mol. The van der Waals surface area contributed by atoms with E-state index in [0.29, 0.717) is 0 Å². The SMILES string of the molecule is Cl.Cl.O=c1c(CN2CCNCC2)cc2cccc3c2n1CC3. The van der Waals surface area contributed by atoms with Gasteiger partial charge >= 0.3 is 0 Å². The molecule has 0 amide bonds. The fourth-order valence-corrected chi connectivity index (χ4v) is 3.45. The zero-order chi connectivity index (χ0) is 13.5. The smallest absolute Gasteiger partial charge is 0.255 e. The number of aromatic nitrogens is 1. The summed E-state index contributed by atoms with van der Waals surface area (Å²) in [4.78, 5) is 15.0. The van der Waals surface area contributed by atoms with Crippen molar-refractivity contribution >= 4 is 35.7 Å². The number of nitrogens with one attached hydrogen (secondary N) is 1. The first-order valence-electron chi connectivity index (χ1n) is 7.40. The van der Waals surface area contributed by atoms with Crippen molar-refractivity contribution in [3.63, 3.8) is 0 Å². The number of para-hydroxylation sites is 1. The van der Waals surface area contributed by atoms with Gasteiger partial charge in [-0.15, -0.1) is 24.8 Å². The molecule has 4 nitrogen and oxygen atoms in total. The van der Waals surface area contributed by atoms with Gasteiger partial charge in [0.15, 0.2) is 0 Å². The predicted octanol–water partition coefficient (Wildman–Crippen LogP) is 1.81. The van der Waals surface area contributed by atoms with Crippen LogP contribution >= 0.6 is 24.8 Å². The molecule has 4 rings (SSSR count). The highest BCUT2D eigenvalue weighted by Crippen LogP contribution is 2.24. The number of piperazine rings is 1. The number of halogens is 2. The molecule has 0 unspecified atom stereocenters. The maximum Gasteiger partial charge on any atom is 0.255 e. The summed E-state index contributed by atoms with van der Waals surface area (Å²) in [6.07, 6.45) is 0.990. The molecular formula is C16H21Cl2N3O. The second-order valence-electron chi connectivity index (χ2n) is 5.76. The summed E-state index contributed by atoms with van der Waals surface area (Å²) in [5.74, 6) is 0. The van der Waals surface area contributed by atoms with Crippen LogP contribution in [0, 0.1) is 0 Å². The molecule has 0 saturated carbocycles. The number of pyridine rings is 1. The molecule has 0 radical (unpaired) electrons. The Kier molecular flexibility index (Phi) is 5.50. The Morgan fingerprint density at radius 2 is 1.86 bits per heavy atom. The quantitative estimate of drug-likeness (QED) is 0.905. The Balaban J connectivity index is 0.000000882. The van der Waals surface area contributed by atoms with Crippen LogP contribution in [0.2, 0.25) is 0 Å². The largest absolute Gasteiger partial charge is 0.314 e. The van der Waals surface area contributed by atoms with Crippen molar-refractivity contribution < 1.29 is 0 Å². The maximum absolute atomic E-state index is 12.6. The first kappa shape index (κ1) is 17.3. The fraction of sp³-hybridized carbons (Fsp3) is 0.438. The van der Waals surface area contributed by atoms with Gasteiger partial charge in [0, 0.05) is 44.8 Å². The van der Waals surface area contributed by atoms with Gasteiger partial charge in [-0.3, -0.25) is 9.69 Å². The van der Waals surface area contributed by atoms with Crippen LogP contribution in [0.3, 0.4) is 0 Å². The minimum atomic E-state index is 0. The third-order valence-electron chi connectivity index (χ3n) is 4.48. The minimum Gasteiger partial charge on any atom is -0.314 e. The highest BCUT2D eigenvalue weighted by molar-refractivity contribution is 5.85. The Labute approximate surface area is 142 Å². The number of nitrogens with zero attached hydrogens (tertiary/aromatic N) is 2. The molecule has 0 bridgehead atoms. The standard InChI is InChI=1S/C16H19N3O.2ClH/c20-16-14(11-18-8-5-17-6-9-18)10-13-3-1-2-12-4-7-19(16)15(12)13;;/h1-3,10,17H,4-9,11H2;2*1H. The highest BCUT2D eigenvalue weighted by Gasteiger charge is 2.19. The van der Waals surface area contributed by atoms with E-state index in [4.69, 9.17) is 0 Å². The average molecular weight is 342 g/mol. The zero-order valence-corrected chi connectivity index (χ0v) is 14.0. The highest BCUT2D eigenvalue weighted by atomic mass is 35.5. The van der Waals surface area contributed by atoms with Crippen molar-refractivity contribution in [3.8, 4) is 0 Å². The monoisotopic (exact) mass is 341 g/mol. The molecule has 0 spiro atoms. The molecular weight excluding hydrogens is 321 g/mol. The molecule has 22 heavy (non-hydrogen) atoms. The van der Waals surface area contributed by atoms with Crippen LogP contribution in [0.5, 0.6) is 0 Å². The minimum absolute atomic E-state index is 0. The fourth-order valence-electron chi connectivity index (χ4n) is 3.45. The second kappa shape index (κ2) is 7.01. The molecule has 0 aliphatic carbocycles. The van der Waals surface area contributed by atoms with Crippen LogP contribution in [0.4, 0.5) is 0 Å². The molecule has 1 aromatic carbocycles. The zero-order valence-electron chi connectivity index (χ0n) is 12.4. The van der Waals surface area contributed by atoms with Crippen LogP contribution in [0.1, 0.15) is 11.1 Å². The van der Waals surface area contributed by atoms with Crippen LogP contribution in [-0.2, 0) is 19.5 Å². The van der Waals surface area contributed by atoms with Crippen molar-refractivity contribution in [1.82, 2.24) is 14.8 Å². The van der Waals surface area contributed by atoms with E-state index in [-0.39, 0.29) is 30.4 Å². The summed E-state index contributed by atoms with van der Waals surface area (Å²) in [6.45, 7) is 5.71. The molecule has 1 aromatic heterocycles. The molecule has 1 fully saturated rings. The van der Waals surface area contributed by atoms with Gasteiger partial charge in [0.05, 0.1) is 5.52 Å². The van der Waals surface area contributed by atoms with E-state index in [1.165, 1.54) is 10.9 Å². The molecule has 2 aliphatic heterocycles. The molecule has 2 aliphatic rings. The van der Waals surface area contributed by atoms with E-state index in [1.54, 1.807) is 0 Å². The summed E-state index contributed by atoms with van der Waals surface area (Å²) >= 11 is 0. The van der Waals surface area contributed by atoms with E-state index in [1.807, 2.05) is 4.57 Å². The number of benzene rings is 1. The van der Waals surface area contributed by atoms with Gasteiger partial charge < -0.3 is 9.88 Å². The normalized spacial score (nSPS) is 17.1. The Bertz CT molecular complexity index is 723. The average Bonchev–Trinajstić information content (AvgIpc) is 2.91. The van der Waals surface area contributed by atoms with Crippen molar-refractivity contribution in [2.24, 2.45) is 0 Å². The third-order valence-corrected chi connectivity index (χ3v) is 4.48. The molecule has 6 heteroatoms. The lowest BCUT2D eigenvalue weighted by Crippen LogP contribution is -2.43. The van der Waals surface area contributed by atoms with Crippen LogP contribution < -0.4 is 10.9 Å². The van der Waals surface area contributed by atoms with Gasteiger partial charge in [-0.05, 0) is 23.4 Å². The topological polar surface area (TPSA) is 37.3 Å². The molecule has 120 valence electrons. The molecule has 1 saturated heterocycles. The number of aryl methyl sites for hydroxylation is 2. The lowest BCUT2D eigenvalue weighted by atomic mass is 10.1.